The minimum atomic E-state index is 0.336. The fourth-order valence-electron chi connectivity index (χ4n) is 2.54. The minimum absolute atomic E-state index is 0.336. The van der Waals surface area contributed by atoms with Crippen molar-refractivity contribution in [3.63, 3.8) is 0 Å². The van der Waals surface area contributed by atoms with Gasteiger partial charge in [-0.1, -0.05) is 21.5 Å². The maximum absolute atomic E-state index is 11.9. The van der Waals surface area contributed by atoms with Gasteiger partial charge in [0.15, 0.2) is 5.78 Å². The van der Waals surface area contributed by atoms with Crippen molar-refractivity contribution < 1.29 is 9.53 Å². The van der Waals surface area contributed by atoms with E-state index in [4.69, 9.17) is 4.74 Å². The summed E-state index contributed by atoms with van der Waals surface area (Å²) >= 11 is 3.56. The van der Waals surface area contributed by atoms with Crippen molar-refractivity contribution in [2.45, 2.75) is 39.0 Å². The maximum Gasteiger partial charge on any atom is 0.158 e. The first-order chi connectivity index (χ1) is 9.11. The molecule has 3 heteroatoms. The molecule has 2 rings (SSSR count). The number of halogens is 1. The van der Waals surface area contributed by atoms with E-state index in [1.807, 2.05) is 18.2 Å². The third-order valence-electron chi connectivity index (χ3n) is 3.70. The summed E-state index contributed by atoms with van der Waals surface area (Å²) in [7, 11) is 1.67. The molecule has 1 aromatic rings. The number of aryl methyl sites for hydroxylation is 1. The highest BCUT2D eigenvalue weighted by molar-refractivity contribution is 9.10. The van der Waals surface area contributed by atoms with Crippen LogP contribution >= 0.6 is 15.9 Å². The second-order valence-corrected chi connectivity index (χ2v) is 5.85. The molecule has 102 valence electrons. The number of ketones is 1. The van der Waals surface area contributed by atoms with Crippen molar-refractivity contribution in [3.05, 3.63) is 39.4 Å². The Hall–Kier alpha value is -1.09. The number of hydrogen-bond acceptors (Lipinski definition) is 2. The summed E-state index contributed by atoms with van der Waals surface area (Å²) < 4.78 is 6.32. The highest BCUT2D eigenvalue weighted by Gasteiger charge is 2.17. The number of ether oxygens (including phenoxy) is 1. The largest absolute Gasteiger partial charge is 0.497 e. The van der Waals surface area contributed by atoms with E-state index in [9.17, 15) is 4.79 Å². The average molecular weight is 323 g/mol. The van der Waals surface area contributed by atoms with Crippen LogP contribution < -0.4 is 4.74 Å². The molecule has 0 spiro atoms. The lowest BCUT2D eigenvalue weighted by atomic mass is 9.88. The van der Waals surface area contributed by atoms with Crippen LogP contribution in [0.25, 0.3) is 0 Å². The van der Waals surface area contributed by atoms with Crippen molar-refractivity contribution in [2.75, 3.05) is 7.11 Å². The van der Waals surface area contributed by atoms with Crippen molar-refractivity contribution >= 4 is 21.7 Å². The van der Waals surface area contributed by atoms with Gasteiger partial charge in [-0.25, -0.2) is 0 Å². The molecule has 0 saturated heterocycles. The lowest BCUT2D eigenvalue weighted by Gasteiger charge is -2.17. The molecule has 0 aliphatic heterocycles. The molecule has 0 bridgehead atoms. The highest BCUT2D eigenvalue weighted by Crippen LogP contribution is 2.28. The average Bonchev–Trinajstić information content (AvgIpc) is 2.40. The molecule has 0 saturated carbocycles. The molecule has 1 aliphatic rings. The van der Waals surface area contributed by atoms with Gasteiger partial charge in [0.2, 0.25) is 0 Å². The number of Topliss-reactive ketones (excluding diaryl/α,β-unsaturated/α-hetero) is 1. The van der Waals surface area contributed by atoms with Gasteiger partial charge < -0.3 is 4.74 Å². The monoisotopic (exact) mass is 322 g/mol. The number of allylic oxidation sites excluding steroid dienone is 2. The first kappa shape index (κ1) is 14.3. The molecule has 0 amide bonds. The van der Waals surface area contributed by atoms with Crippen LogP contribution in [-0.4, -0.2) is 12.9 Å². The Morgan fingerprint density at radius 3 is 2.74 bits per heavy atom. The number of carbonyl (C=O) groups excluding carboxylic acids is 1. The number of hydrogen-bond donors (Lipinski definition) is 0. The molecule has 0 N–H and O–H groups in total. The number of carbonyl (C=O) groups is 1. The van der Waals surface area contributed by atoms with E-state index in [0.717, 1.165) is 41.5 Å². The first-order valence-corrected chi connectivity index (χ1v) is 7.45. The molecule has 0 heterocycles. The van der Waals surface area contributed by atoms with Crippen LogP contribution in [0.4, 0.5) is 0 Å². The molecule has 0 atom stereocenters. The van der Waals surface area contributed by atoms with Gasteiger partial charge in [-0.15, -0.1) is 0 Å². The smallest absolute Gasteiger partial charge is 0.158 e. The second kappa shape index (κ2) is 6.38. The molecule has 0 radical (unpaired) electrons. The molecule has 19 heavy (non-hydrogen) atoms. The Balaban J connectivity index is 2.12. The van der Waals surface area contributed by atoms with Crippen LogP contribution in [0, 0.1) is 0 Å². The van der Waals surface area contributed by atoms with E-state index in [0.29, 0.717) is 12.2 Å². The van der Waals surface area contributed by atoms with Crippen LogP contribution in [0.1, 0.15) is 38.2 Å². The zero-order valence-electron chi connectivity index (χ0n) is 11.5. The van der Waals surface area contributed by atoms with Crippen LogP contribution in [0.2, 0.25) is 0 Å². The van der Waals surface area contributed by atoms with Gasteiger partial charge in [0.1, 0.15) is 5.75 Å². The van der Waals surface area contributed by atoms with Crippen LogP contribution in [0.3, 0.4) is 0 Å². The van der Waals surface area contributed by atoms with Crippen molar-refractivity contribution in [1.82, 2.24) is 0 Å². The van der Waals surface area contributed by atoms with Crippen molar-refractivity contribution in [2.24, 2.45) is 0 Å². The van der Waals surface area contributed by atoms with Crippen LogP contribution in [-0.2, 0) is 11.2 Å². The standard InChI is InChI=1S/C16H19BrO2/c1-11-4-3-5-16(18)14(11)8-6-12-10-13(19-2)7-9-15(12)17/h7,9-10H,3-6,8H2,1-2H3. The van der Waals surface area contributed by atoms with E-state index in [-0.39, 0.29) is 0 Å². The second-order valence-electron chi connectivity index (χ2n) is 4.99. The summed E-state index contributed by atoms with van der Waals surface area (Å²) in [6, 6.07) is 5.97. The summed E-state index contributed by atoms with van der Waals surface area (Å²) in [4.78, 5) is 11.9. The predicted molar refractivity (Wildman–Crippen MR) is 80.6 cm³/mol. The van der Waals surface area contributed by atoms with Gasteiger partial charge in [0, 0.05) is 10.9 Å². The first-order valence-electron chi connectivity index (χ1n) is 6.66. The van der Waals surface area contributed by atoms with Crippen LogP contribution in [0.15, 0.2) is 33.8 Å². The summed E-state index contributed by atoms with van der Waals surface area (Å²) in [6.45, 7) is 2.09. The van der Waals surface area contributed by atoms with E-state index in [2.05, 4.69) is 22.9 Å². The van der Waals surface area contributed by atoms with Crippen molar-refractivity contribution in [3.8, 4) is 5.75 Å². The van der Waals surface area contributed by atoms with Gasteiger partial charge in [-0.3, -0.25) is 4.79 Å². The van der Waals surface area contributed by atoms with Gasteiger partial charge in [-0.05, 0) is 61.9 Å². The lowest BCUT2D eigenvalue weighted by Crippen LogP contribution is -2.11. The number of benzene rings is 1. The molecule has 1 aromatic carbocycles. The molecule has 0 unspecified atom stereocenters. The van der Waals surface area contributed by atoms with Gasteiger partial charge in [0.25, 0.3) is 0 Å². The van der Waals surface area contributed by atoms with Gasteiger partial charge in [-0.2, -0.15) is 0 Å². The molecule has 0 aromatic heterocycles. The third-order valence-corrected chi connectivity index (χ3v) is 4.48. The molecular formula is C16H19BrO2. The quantitative estimate of drug-likeness (QED) is 0.818. The molecule has 0 fully saturated rings. The Labute approximate surface area is 123 Å². The Morgan fingerprint density at radius 2 is 2.05 bits per heavy atom. The molecular weight excluding hydrogens is 304 g/mol. The summed E-state index contributed by atoms with van der Waals surface area (Å²) in [5.41, 5.74) is 3.51. The normalized spacial score (nSPS) is 15.8. The zero-order chi connectivity index (χ0) is 13.8. The topological polar surface area (TPSA) is 26.3 Å². The molecule has 2 nitrogen and oxygen atoms in total. The predicted octanol–water partition coefficient (Wildman–Crippen LogP) is 4.46. The van der Waals surface area contributed by atoms with E-state index >= 15 is 0 Å². The van der Waals surface area contributed by atoms with E-state index < -0.39 is 0 Å². The lowest BCUT2D eigenvalue weighted by molar-refractivity contribution is -0.116. The van der Waals surface area contributed by atoms with Crippen molar-refractivity contribution in [1.29, 1.82) is 0 Å². The van der Waals surface area contributed by atoms with Gasteiger partial charge >= 0.3 is 0 Å². The Bertz CT molecular complexity index is 517. The minimum Gasteiger partial charge on any atom is -0.497 e. The summed E-state index contributed by atoms with van der Waals surface area (Å²) in [5.74, 6) is 1.20. The van der Waals surface area contributed by atoms with E-state index in [1.54, 1.807) is 7.11 Å². The highest BCUT2D eigenvalue weighted by atomic mass is 79.9. The Kier molecular flexibility index (Phi) is 4.81. The zero-order valence-corrected chi connectivity index (χ0v) is 13.0. The SMILES string of the molecule is COc1ccc(Br)c(CCC2=C(C)CCCC2=O)c1. The fourth-order valence-corrected chi connectivity index (χ4v) is 2.98. The molecule has 1 aliphatic carbocycles. The summed E-state index contributed by atoms with van der Waals surface area (Å²) in [6.07, 6.45) is 4.50. The summed E-state index contributed by atoms with van der Waals surface area (Å²) in [5, 5.41) is 0. The fraction of sp³-hybridized carbons (Fsp3) is 0.438. The Morgan fingerprint density at radius 1 is 1.26 bits per heavy atom. The van der Waals surface area contributed by atoms with Crippen LogP contribution in [0.5, 0.6) is 5.75 Å². The number of methoxy groups -OCH3 is 1. The maximum atomic E-state index is 11.9. The number of rotatable bonds is 4. The van der Waals surface area contributed by atoms with E-state index in [1.165, 1.54) is 11.1 Å². The van der Waals surface area contributed by atoms with Gasteiger partial charge in [0.05, 0.1) is 7.11 Å². The third kappa shape index (κ3) is 3.47.